The molecule has 0 radical (unpaired) electrons. The van der Waals surface area contributed by atoms with Crippen LogP contribution in [-0.2, 0) is 6.61 Å². The highest BCUT2D eigenvalue weighted by molar-refractivity contribution is 6.58. The van der Waals surface area contributed by atoms with E-state index in [2.05, 4.69) is 4.98 Å². The summed E-state index contributed by atoms with van der Waals surface area (Å²) in [6, 6.07) is 9.15. The van der Waals surface area contributed by atoms with E-state index in [4.69, 9.17) is 14.8 Å². The van der Waals surface area contributed by atoms with Crippen molar-refractivity contribution in [1.82, 2.24) is 4.98 Å². The Morgan fingerprint density at radius 1 is 1.26 bits per heavy atom. The summed E-state index contributed by atoms with van der Waals surface area (Å²) in [5.74, 6) is -0.592. The lowest BCUT2D eigenvalue weighted by Crippen LogP contribution is -2.29. The first-order valence-electron chi connectivity index (χ1n) is 5.77. The molecule has 6 heteroatoms. The summed E-state index contributed by atoms with van der Waals surface area (Å²) in [5, 5.41) is 18.1. The SMILES string of the molecule is Cc1cccc(COc2cc(B(O)O)ccc2F)n1. The lowest BCUT2D eigenvalue weighted by atomic mass is 9.80. The summed E-state index contributed by atoms with van der Waals surface area (Å²) in [4.78, 5) is 4.23. The van der Waals surface area contributed by atoms with Crippen molar-refractivity contribution in [1.29, 1.82) is 0 Å². The Hall–Kier alpha value is -1.92. The van der Waals surface area contributed by atoms with Gasteiger partial charge in [0.15, 0.2) is 11.6 Å². The Morgan fingerprint density at radius 3 is 2.74 bits per heavy atom. The van der Waals surface area contributed by atoms with Crippen molar-refractivity contribution in [3.05, 3.63) is 53.6 Å². The average molecular weight is 261 g/mol. The number of benzene rings is 1. The molecule has 0 amide bonds. The summed E-state index contributed by atoms with van der Waals surface area (Å²) in [5.41, 5.74) is 1.70. The van der Waals surface area contributed by atoms with E-state index >= 15 is 0 Å². The summed E-state index contributed by atoms with van der Waals surface area (Å²) >= 11 is 0. The van der Waals surface area contributed by atoms with Gasteiger partial charge in [-0.3, -0.25) is 4.98 Å². The summed E-state index contributed by atoms with van der Waals surface area (Å²) in [7, 11) is -1.65. The van der Waals surface area contributed by atoms with Crippen LogP contribution in [-0.4, -0.2) is 22.2 Å². The number of halogens is 1. The first-order chi connectivity index (χ1) is 9.06. The van der Waals surface area contributed by atoms with Gasteiger partial charge in [0, 0.05) is 5.69 Å². The van der Waals surface area contributed by atoms with Crippen molar-refractivity contribution in [2.24, 2.45) is 0 Å². The Balaban J connectivity index is 2.12. The first-order valence-corrected chi connectivity index (χ1v) is 5.77. The predicted octanol–water partition coefficient (Wildman–Crippen LogP) is 0.788. The molecular formula is C13H13BFNO3. The highest BCUT2D eigenvalue weighted by Gasteiger charge is 2.14. The van der Waals surface area contributed by atoms with Crippen LogP contribution in [0.15, 0.2) is 36.4 Å². The van der Waals surface area contributed by atoms with Gasteiger partial charge in [-0.05, 0) is 36.7 Å². The Kier molecular flexibility index (Phi) is 4.14. The van der Waals surface area contributed by atoms with Crippen molar-refractivity contribution >= 4 is 12.6 Å². The molecule has 1 heterocycles. The molecule has 0 saturated carbocycles. The molecule has 0 atom stereocenters. The molecule has 0 fully saturated rings. The van der Waals surface area contributed by atoms with Crippen molar-refractivity contribution in [2.75, 3.05) is 0 Å². The van der Waals surface area contributed by atoms with E-state index in [9.17, 15) is 4.39 Å². The van der Waals surface area contributed by atoms with E-state index in [0.717, 1.165) is 11.8 Å². The van der Waals surface area contributed by atoms with Crippen molar-refractivity contribution < 1.29 is 19.2 Å². The maximum atomic E-state index is 13.5. The fourth-order valence-electron chi connectivity index (χ4n) is 1.62. The fraction of sp³-hybridized carbons (Fsp3) is 0.154. The van der Waals surface area contributed by atoms with Gasteiger partial charge in [-0.25, -0.2) is 4.39 Å². The smallest absolute Gasteiger partial charge is 0.484 e. The zero-order valence-corrected chi connectivity index (χ0v) is 10.4. The number of nitrogens with zero attached hydrogens (tertiary/aromatic N) is 1. The molecule has 98 valence electrons. The minimum Gasteiger partial charge on any atom is -0.484 e. The summed E-state index contributed by atoms with van der Waals surface area (Å²) < 4.78 is 18.8. The van der Waals surface area contributed by atoms with Gasteiger partial charge in [0.25, 0.3) is 0 Å². The van der Waals surface area contributed by atoms with Crippen LogP contribution < -0.4 is 10.2 Å². The number of pyridine rings is 1. The maximum absolute atomic E-state index is 13.5. The number of ether oxygens (including phenoxy) is 1. The molecule has 2 N–H and O–H groups in total. The van der Waals surface area contributed by atoms with Crippen LogP contribution in [0.5, 0.6) is 5.75 Å². The van der Waals surface area contributed by atoms with Gasteiger partial charge >= 0.3 is 7.12 Å². The van der Waals surface area contributed by atoms with E-state index in [1.165, 1.54) is 12.1 Å². The van der Waals surface area contributed by atoms with Crippen molar-refractivity contribution in [2.45, 2.75) is 13.5 Å². The monoisotopic (exact) mass is 261 g/mol. The van der Waals surface area contributed by atoms with Gasteiger partial charge in [0.05, 0.1) is 5.69 Å². The van der Waals surface area contributed by atoms with Crippen LogP contribution in [0.3, 0.4) is 0 Å². The zero-order chi connectivity index (χ0) is 13.8. The van der Waals surface area contributed by atoms with Crippen LogP contribution in [0, 0.1) is 12.7 Å². The standard InChI is InChI=1S/C13H13BFNO3/c1-9-3-2-4-11(16-9)8-19-13-7-10(14(17)18)5-6-12(13)15/h2-7,17-18H,8H2,1H3. The van der Waals surface area contributed by atoms with Gasteiger partial charge < -0.3 is 14.8 Å². The molecule has 19 heavy (non-hydrogen) atoms. The second kappa shape index (κ2) is 5.82. The number of hydrogen-bond donors (Lipinski definition) is 2. The Bertz CT molecular complexity index is 578. The summed E-state index contributed by atoms with van der Waals surface area (Å²) in [6.07, 6.45) is 0. The minimum absolute atomic E-state index is 0.0334. The van der Waals surface area contributed by atoms with Crippen LogP contribution in [0.25, 0.3) is 0 Å². The minimum atomic E-state index is -1.65. The molecule has 1 aromatic carbocycles. The van der Waals surface area contributed by atoms with Crippen LogP contribution in [0.1, 0.15) is 11.4 Å². The highest BCUT2D eigenvalue weighted by atomic mass is 19.1. The van der Waals surface area contributed by atoms with E-state index in [-0.39, 0.29) is 17.8 Å². The molecule has 0 spiro atoms. The van der Waals surface area contributed by atoms with Crippen molar-refractivity contribution in [3.8, 4) is 5.75 Å². The third kappa shape index (κ3) is 3.53. The molecule has 0 aliphatic heterocycles. The fourth-order valence-corrected chi connectivity index (χ4v) is 1.62. The molecular weight excluding hydrogens is 248 g/mol. The predicted molar refractivity (Wildman–Crippen MR) is 69.5 cm³/mol. The van der Waals surface area contributed by atoms with Crippen LogP contribution >= 0.6 is 0 Å². The number of rotatable bonds is 4. The number of aryl methyl sites for hydroxylation is 1. The lowest BCUT2D eigenvalue weighted by molar-refractivity contribution is 0.286. The van der Waals surface area contributed by atoms with Gasteiger partial charge in [0.2, 0.25) is 0 Å². The van der Waals surface area contributed by atoms with Crippen LogP contribution in [0.2, 0.25) is 0 Å². The third-order valence-corrected chi connectivity index (χ3v) is 2.57. The molecule has 1 aromatic heterocycles. The van der Waals surface area contributed by atoms with E-state index < -0.39 is 12.9 Å². The molecule has 0 aliphatic rings. The number of aromatic nitrogens is 1. The first kappa shape index (κ1) is 13.5. The van der Waals surface area contributed by atoms with Crippen molar-refractivity contribution in [3.63, 3.8) is 0 Å². The van der Waals surface area contributed by atoms with Gasteiger partial charge in [-0.15, -0.1) is 0 Å². The third-order valence-electron chi connectivity index (χ3n) is 2.57. The normalized spacial score (nSPS) is 10.3. The van der Waals surface area contributed by atoms with E-state index in [1.54, 1.807) is 6.07 Å². The van der Waals surface area contributed by atoms with E-state index in [1.807, 2.05) is 19.1 Å². The molecule has 0 unspecified atom stereocenters. The Labute approximate surface area is 110 Å². The second-order valence-electron chi connectivity index (χ2n) is 4.12. The molecule has 0 aliphatic carbocycles. The molecule has 2 rings (SSSR count). The maximum Gasteiger partial charge on any atom is 0.488 e. The number of hydrogen-bond acceptors (Lipinski definition) is 4. The van der Waals surface area contributed by atoms with E-state index in [0.29, 0.717) is 5.69 Å². The van der Waals surface area contributed by atoms with Gasteiger partial charge in [-0.1, -0.05) is 12.1 Å². The van der Waals surface area contributed by atoms with Gasteiger partial charge in [-0.2, -0.15) is 0 Å². The Morgan fingerprint density at radius 2 is 2.05 bits per heavy atom. The quantitative estimate of drug-likeness (QED) is 0.798. The molecule has 4 nitrogen and oxygen atoms in total. The zero-order valence-electron chi connectivity index (χ0n) is 10.4. The average Bonchev–Trinajstić information content (AvgIpc) is 2.37. The summed E-state index contributed by atoms with van der Waals surface area (Å²) in [6.45, 7) is 1.97. The molecule has 0 saturated heterocycles. The lowest BCUT2D eigenvalue weighted by Gasteiger charge is -2.09. The highest BCUT2D eigenvalue weighted by Crippen LogP contribution is 2.16. The molecule has 0 bridgehead atoms. The second-order valence-corrected chi connectivity index (χ2v) is 4.12. The topological polar surface area (TPSA) is 62.6 Å². The van der Waals surface area contributed by atoms with Gasteiger partial charge in [0.1, 0.15) is 6.61 Å². The van der Waals surface area contributed by atoms with Crippen LogP contribution in [0.4, 0.5) is 4.39 Å². The molecule has 2 aromatic rings. The largest absolute Gasteiger partial charge is 0.488 e.